The Bertz CT molecular complexity index is 1560. The smallest absolute Gasteiger partial charge is 0.253 e. The van der Waals surface area contributed by atoms with Crippen molar-refractivity contribution in [2.75, 3.05) is 58.9 Å². The molecule has 2 amide bonds. The number of anilines is 1. The molecule has 1 aliphatic heterocycles. The van der Waals surface area contributed by atoms with Gasteiger partial charge in [-0.05, 0) is 59.2 Å². The van der Waals surface area contributed by atoms with E-state index in [1.54, 1.807) is 30.2 Å². The fraction of sp³-hybridized carbons (Fsp3) is 0.286. The molecule has 1 aliphatic rings. The number of carbonyl (C=O) groups excluding carboxylic acids is 2. The summed E-state index contributed by atoms with van der Waals surface area (Å²) in [5, 5.41) is 0. The van der Waals surface area contributed by atoms with Crippen molar-refractivity contribution in [3.63, 3.8) is 0 Å². The van der Waals surface area contributed by atoms with Crippen molar-refractivity contribution in [1.29, 1.82) is 0 Å². The van der Waals surface area contributed by atoms with Crippen LogP contribution >= 0.6 is 0 Å². The molecule has 0 aliphatic carbocycles. The van der Waals surface area contributed by atoms with E-state index in [2.05, 4.69) is 11.1 Å². The highest BCUT2D eigenvalue weighted by Gasteiger charge is 2.20. The van der Waals surface area contributed by atoms with Crippen LogP contribution in [0.3, 0.4) is 0 Å². The van der Waals surface area contributed by atoms with Gasteiger partial charge in [-0.25, -0.2) is 0 Å². The van der Waals surface area contributed by atoms with Crippen molar-refractivity contribution in [3.05, 3.63) is 108 Å². The monoisotopic (exact) mass is 578 g/mol. The summed E-state index contributed by atoms with van der Waals surface area (Å²) >= 11 is 0. The molecule has 0 N–H and O–H groups in total. The lowest BCUT2D eigenvalue weighted by molar-refractivity contribution is -0.131. The van der Waals surface area contributed by atoms with Gasteiger partial charge in [0.15, 0.2) is 0 Å². The van der Waals surface area contributed by atoms with Crippen LogP contribution in [-0.4, -0.2) is 80.6 Å². The first-order valence-electron chi connectivity index (χ1n) is 14.6. The molecule has 0 spiro atoms. The Labute approximate surface area is 253 Å². The summed E-state index contributed by atoms with van der Waals surface area (Å²) in [5.41, 5.74) is 5.65. The summed E-state index contributed by atoms with van der Waals surface area (Å²) in [6.07, 6.45) is 4.52. The van der Waals surface area contributed by atoms with Crippen molar-refractivity contribution < 1.29 is 19.1 Å². The number of fused-ring (bicyclic) bond motifs is 3. The maximum atomic E-state index is 13.5. The zero-order chi connectivity index (χ0) is 30.2. The Kier molecular flexibility index (Phi) is 9.56. The van der Waals surface area contributed by atoms with Crippen molar-refractivity contribution >= 4 is 17.5 Å². The lowest BCUT2D eigenvalue weighted by atomic mass is 9.98. The molecule has 0 radical (unpaired) electrons. The highest BCUT2D eigenvalue weighted by molar-refractivity contribution is 5.94. The number of aromatic nitrogens is 1. The quantitative estimate of drug-likeness (QED) is 0.314. The average Bonchev–Trinajstić information content (AvgIpc) is 3.05. The third-order valence-electron chi connectivity index (χ3n) is 7.80. The second kappa shape index (κ2) is 13.9. The van der Waals surface area contributed by atoms with Crippen LogP contribution in [0.25, 0.3) is 11.1 Å². The Balaban J connectivity index is 1.37. The van der Waals surface area contributed by atoms with E-state index in [0.717, 1.165) is 39.4 Å². The molecule has 0 saturated carbocycles. The number of benzene rings is 3. The summed E-state index contributed by atoms with van der Waals surface area (Å²) in [4.78, 5) is 36.6. The SMILES string of the molecule is COc1ccccc1N(C)CCC(=O)N1CCOc2ccc(-c3cccnc3)cc2Cc2cccc(c2)C(=O)N(C)CC1. The van der Waals surface area contributed by atoms with E-state index >= 15 is 0 Å². The fourth-order valence-electron chi connectivity index (χ4n) is 5.31. The van der Waals surface area contributed by atoms with Gasteiger partial charge in [0, 0.05) is 70.1 Å². The van der Waals surface area contributed by atoms with Crippen LogP contribution in [-0.2, 0) is 11.2 Å². The number of pyridine rings is 1. The molecule has 43 heavy (non-hydrogen) atoms. The Morgan fingerprint density at radius 2 is 1.79 bits per heavy atom. The lowest BCUT2D eigenvalue weighted by Crippen LogP contribution is -2.42. The van der Waals surface area contributed by atoms with Gasteiger partial charge in [0.1, 0.15) is 18.1 Å². The van der Waals surface area contributed by atoms with E-state index in [9.17, 15) is 9.59 Å². The number of hydrogen-bond donors (Lipinski definition) is 0. The van der Waals surface area contributed by atoms with Gasteiger partial charge < -0.3 is 24.2 Å². The molecule has 4 aromatic rings. The zero-order valence-electron chi connectivity index (χ0n) is 25.0. The highest BCUT2D eigenvalue weighted by Crippen LogP contribution is 2.29. The molecule has 0 fully saturated rings. The average molecular weight is 579 g/mol. The molecular weight excluding hydrogens is 540 g/mol. The van der Waals surface area contributed by atoms with E-state index in [4.69, 9.17) is 9.47 Å². The minimum absolute atomic E-state index is 0.00689. The van der Waals surface area contributed by atoms with E-state index in [1.165, 1.54) is 0 Å². The molecule has 0 saturated heterocycles. The number of nitrogens with zero attached hydrogens (tertiary/aromatic N) is 4. The van der Waals surface area contributed by atoms with Crippen molar-refractivity contribution in [2.24, 2.45) is 0 Å². The van der Waals surface area contributed by atoms with Crippen LogP contribution in [0.5, 0.6) is 11.5 Å². The maximum absolute atomic E-state index is 13.5. The van der Waals surface area contributed by atoms with Gasteiger partial charge in [-0.1, -0.05) is 36.4 Å². The third kappa shape index (κ3) is 7.33. The molecule has 0 atom stereocenters. The predicted octanol–water partition coefficient (Wildman–Crippen LogP) is 5.17. The number of amides is 2. The maximum Gasteiger partial charge on any atom is 0.253 e. The number of rotatable bonds is 6. The lowest BCUT2D eigenvalue weighted by Gasteiger charge is -2.28. The van der Waals surface area contributed by atoms with E-state index < -0.39 is 0 Å². The molecule has 222 valence electrons. The number of likely N-dealkylation sites (N-methyl/N-ethyl adjacent to an activating group) is 1. The summed E-state index contributed by atoms with van der Waals surface area (Å²) in [5.74, 6) is 1.47. The Morgan fingerprint density at radius 1 is 0.953 bits per heavy atom. The molecular formula is C35H38N4O4. The van der Waals surface area contributed by atoms with Crippen molar-refractivity contribution in [3.8, 4) is 22.6 Å². The predicted molar refractivity (Wildman–Crippen MR) is 169 cm³/mol. The van der Waals surface area contributed by atoms with Gasteiger partial charge >= 0.3 is 0 Å². The van der Waals surface area contributed by atoms with Gasteiger partial charge in [-0.2, -0.15) is 0 Å². The zero-order valence-corrected chi connectivity index (χ0v) is 25.0. The van der Waals surface area contributed by atoms with Crippen molar-refractivity contribution in [2.45, 2.75) is 12.8 Å². The first-order chi connectivity index (χ1) is 20.9. The normalized spacial score (nSPS) is 13.9. The van der Waals surface area contributed by atoms with Gasteiger partial charge in [-0.3, -0.25) is 14.6 Å². The van der Waals surface area contributed by atoms with Crippen LogP contribution in [0.2, 0.25) is 0 Å². The summed E-state index contributed by atoms with van der Waals surface area (Å²) in [6, 6.07) is 25.6. The van der Waals surface area contributed by atoms with Crippen LogP contribution in [0, 0.1) is 0 Å². The first kappa shape index (κ1) is 29.6. The number of carbonyl (C=O) groups is 2. The minimum atomic E-state index is -0.0669. The van der Waals surface area contributed by atoms with E-state index in [0.29, 0.717) is 51.2 Å². The Hall–Kier alpha value is -4.85. The number of hydrogen-bond acceptors (Lipinski definition) is 6. The van der Waals surface area contributed by atoms with Gasteiger partial charge in [0.2, 0.25) is 5.91 Å². The summed E-state index contributed by atoms with van der Waals surface area (Å²) in [7, 11) is 5.38. The summed E-state index contributed by atoms with van der Waals surface area (Å²) in [6.45, 7) is 2.11. The molecule has 8 nitrogen and oxygen atoms in total. The van der Waals surface area contributed by atoms with Crippen LogP contribution < -0.4 is 14.4 Å². The molecule has 1 aromatic heterocycles. The van der Waals surface area contributed by atoms with E-state index in [1.807, 2.05) is 90.9 Å². The van der Waals surface area contributed by atoms with Crippen molar-refractivity contribution in [1.82, 2.24) is 14.8 Å². The molecule has 3 aromatic carbocycles. The fourth-order valence-corrected chi connectivity index (χ4v) is 5.31. The number of methoxy groups -OCH3 is 1. The molecule has 8 heteroatoms. The van der Waals surface area contributed by atoms with Crippen LogP contribution in [0.4, 0.5) is 5.69 Å². The van der Waals surface area contributed by atoms with Gasteiger partial charge in [-0.15, -0.1) is 0 Å². The Morgan fingerprint density at radius 3 is 2.60 bits per heavy atom. The topological polar surface area (TPSA) is 75.2 Å². The molecule has 0 unspecified atom stereocenters. The second-order valence-electron chi connectivity index (χ2n) is 10.7. The summed E-state index contributed by atoms with van der Waals surface area (Å²) < 4.78 is 11.8. The van der Waals surface area contributed by atoms with Crippen LogP contribution in [0.1, 0.15) is 27.9 Å². The highest BCUT2D eigenvalue weighted by atomic mass is 16.5. The molecule has 2 heterocycles. The first-order valence-corrected chi connectivity index (χ1v) is 14.6. The van der Waals surface area contributed by atoms with Gasteiger partial charge in [0.25, 0.3) is 5.91 Å². The second-order valence-corrected chi connectivity index (χ2v) is 10.7. The molecule has 5 rings (SSSR count). The standard InChI is InChI=1S/C35H38N4O4/c1-37(31-11-4-5-12-33(31)42-3)17-15-34(40)39-19-18-38(2)35(41)28-9-6-8-26(22-28)23-30-24-27(29-10-7-16-36-25-29)13-14-32(30)43-21-20-39/h4-14,16,22,24-25H,15,17-21,23H2,1-3H3. The number of para-hydroxylation sites is 2. The number of ether oxygens (including phenoxy) is 2. The minimum Gasteiger partial charge on any atom is -0.495 e. The third-order valence-corrected chi connectivity index (χ3v) is 7.80. The van der Waals surface area contributed by atoms with Crippen LogP contribution in [0.15, 0.2) is 91.3 Å². The largest absolute Gasteiger partial charge is 0.495 e. The molecule has 2 bridgehead atoms. The van der Waals surface area contributed by atoms with E-state index in [-0.39, 0.29) is 11.8 Å². The van der Waals surface area contributed by atoms with Gasteiger partial charge in [0.05, 0.1) is 19.3 Å².